The topological polar surface area (TPSA) is 66.9 Å². The summed E-state index contributed by atoms with van der Waals surface area (Å²) in [4.78, 5) is 10.1. The fraction of sp³-hybridized carbons (Fsp3) is 0.0625. The lowest BCUT2D eigenvalue weighted by Gasteiger charge is -2.00. The van der Waals surface area contributed by atoms with Crippen LogP contribution in [0.3, 0.4) is 0 Å². The molecule has 2 rings (SSSR count). The number of benzene rings is 2. The molecule has 0 unspecified atom stereocenters. The van der Waals surface area contributed by atoms with Gasteiger partial charge >= 0.3 is 0 Å². The summed E-state index contributed by atoms with van der Waals surface area (Å²) in [6.45, 7) is 2.00. The van der Waals surface area contributed by atoms with Crippen molar-refractivity contribution in [1.82, 2.24) is 0 Å². The molecule has 0 amide bonds. The molecule has 0 N–H and O–H groups in total. The summed E-state index contributed by atoms with van der Waals surface area (Å²) in [6, 6.07) is 15.9. The number of aryl methyl sites for hydroxylation is 1. The summed E-state index contributed by atoms with van der Waals surface area (Å²) in [5, 5.41) is 19.8. The molecule has 4 heteroatoms. The van der Waals surface area contributed by atoms with Crippen LogP contribution in [0.4, 0.5) is 5.69 Å². The molecule has 0 aliphatic carbocycles. The van der Waals surface area contributed by atoms with Crippen molar-refractivity contribution >= 4 is 17.3 Å². The maximum Gasteiger partial charge on any atom is 0.269 e. The molecule has 20 heavy (non-hydrogen) atoms. The molecule has 0 spiro atoms. The van der Waals surface area contributed by atoms with Gasteiger partial charge in [-0.1, -0.05) is 29.8 Å². The van der Waals surface area contributed by atoms with Crippen molar-refractivity contribution < 1.29 is 4.92 Å². The summed E-state index contributed by atoms with van der Waals surface area (Å²) < 4.78 is 0. The van der Waals surface area contributed by atoms with E-state index in [1.165, 1.54) is 12.1 Å². The van der Waals surface area contributed by atoms with Crippen LogP contribution in [-0.2, 0) is 0 Å². The van der Waals surface area contributed by atoms with E-state index in [0.717, 1.165) is 11.1 Å². The van der Waals surface area contributed by atoms with Crippen LogP contribution in [0.5, 0.6) is 0 Å². The van der Waals surface area contributed by atoms with Crippen LogP contribution in [0.1, 0.15) is 16.7 Å². The van der Waals surface area contributed by atoms with E-state index in [4.69, 9.17) is 0 Å². The smallest absolute Gasteiger partial charge is 0.258 e. The predicted molar refractivity (Wildman–Crippen MR) is 77.8 cm³/mol. The van der Waals surface area contributed by atoms with E-state index in [1.54, 1.807) is 18.2 Å². The number of nitrogens with zero attached hydrogens (tertiary/aromatic N) is 2. The Balaban J connectivity index is 2.35. The number of rotatable bonds is 3. The third-order valence-electron chi connectivity index (χ3n) is 2.90. The van der Waals surface area contributed by atoms with E-state index < -0.39 is 4.92 Å². The third-order valence-corrected chi connectivity index (χ3v) is 2.90. The molecule has 0 aromatic heterocycles. The second-order valence-electron chi connectivity index (χ2n) is 4.38. The molecule has 4 nitrogen and oxygen atoms in total. The van der Waals surface area contributed by atoms with Gasteiger partial charge in [0.25, 0.3) is 5.69 Å². The second kappa shape index (κ2) is 5.81. The van der Waals surface area contributed by atoms with Crippen LogP contribution >= 0.6 is 0 Å². The number of hydrogen-bond acceptors (Lipinski definition) is 3. The van der Waals surface area contributed by atoms with E-state index in [9.17, 15) is 15.4 Å². The van der Waals surface area contributed by atoms with Gasteiger partial charge in [-0.25, -0.2) is 0 Å². The summed E-state index contributed by atoms with van der Waals surface area (Å²) in [5.41, 5.74) is 3.23. The van der Waals surface area contributed by atoms with Crippen molar-refractivity contribution in [1.29, 1.82) is 5.26 Å². The standard InChI is InChI=1S/C16H12N2O2/c1-12-2-4-13(5-3-12)10-15(11-17)14-6-8-16(9-7-14)18(19)20/h2-10H,1H3. The van der Waals surface area contributed by atoms with Crippen LogP contribution in [0, 0.1) is 28.4 Å². The van der Waals surface area contributed by atoms with Crippen LogP contribution in [0.25, 0.3) is 11.6 Å². The number of allylic oxidation sites excluding steroid dienone is 1. The molecule has 0 saturated heterocycles. The number of hydrogen-bond donors (Lipinski definition) is 0. The SMILES string of the molecule is Cc1ccc(C=C(C#N)c2ccc([N+](=O)[O-])cc2)cc1. The second-order valence-corrected chi connectivity index (χ2v) is 4.38. The Labute approximate surface area is 116 Å². The van der Waals surface area contributed by atoms with Gasteiger partial charge in [0.2, 0.25) is 0 Å². The maximum absolute atomic E-state index is 10.6. The molecule has 0 fully saturated rings. The number of nitriles is 1. The predicted octanol–water partition coefficient (Wildman–Crippen LogP) is 3.97. The highest BCUT2D eigenvalue weighted by Gasteiger charge is 2.06. The Morgan fingerprint density at radius 2 is 1.75 bits per heavy atom. The van der Waals surface area contributed by atoms with Crippen LogP contribution in [0.15, 0.2) is 48.5 Å². The average Bonchev–Trinajstić information content (AvgIpc) is 2.47. The fourth-order valence-electron chi connectivity index (χ4n) is 1.77. The quantitative estimate of drug-likeness (QED) is 0.364. The average molecular weight is 264 g/mol. The van der Waals surface area contributed by atoms with E-state index >= 15 is 0 Å². The van der Waals surface area contributed by atoms with Crippen molar-refractivity contribution in [3.05, 3.63) is 75.3 Å². The van der Waals surface area contributed by atoms with Crippen molar-refractivity contribution in [2.75, 3.05) is 0 Å². The zero-order valence-corrected chi connectivity index (χ0v) is 10.9. The van der Waals surface area contributed by atoms with Gasteiger partial charge in [-0.2, -0.15) is 5.26 Å². The van der Waals surface area contributed by atoms with E-state index in [1.807, 2.05) is 31.2 Å². The number of non-ortho nitro benzene ring substituents is 1. The lowest BCUT2D eigenvalue weighted by Crippen LogP contribution is -1.88. The molecule has 0 saturated carbocycles. The monoisotopic (exact) mass is 264 g/mol. The molecule has 0 atom stereocenters. The lowest BCUT2D eigenvalue weighted by molar-refractivity contribution is -0.384. The molecule has 0 bridgehead atoms. The Bertz CT molecular complexity index is 693. The van der Waals surface area contributed by atoms with Gasteiger partial charge in [-0.05, 0) is 36.3 Å². The number of nitro groups is 1. The molecule has 2 aromatic rings. The van der Waals surface area contributed by atoms with Crippen LogP contribution in [-0.4, -0.2) is 4.92 Å². The first-order valence-electron chi connectivity index (χ1n) is 6.03. The summed E-state index contributed by atoms with van der Waals surface area (Å²) >= 11 is 0. The van der Waals surface area contributed by atoms with Gasteiger partial charge in [0, 0.05) is 12.1 Å². The fourth-order valence-corrected chi connectivity index (χ4v) is 1.77. The zero-order valence-electron chi connectivity index (χ0n) is 10.9. The van der Waals surface area contributed by atoms with Gasteiger partial charge in [0.15, 0.2) is 0 Å². The first kappa shape index (κ1) is 13.5. The van der Waals surface area contributed by atoms with E-state index in [2.05, 4.69) is 6.07 Å². The van der Waals surface area contributed by atoms with Crippen molar-refractivity contribution in [2.45, 2.75) is 6.92 Å². The van der Waals surface area contributed by atoms with Crippen molar-refractivity contribution in [3.63, 3.8) is 0 Å². The van der Waals surface area contributed by atoms with Crippen LogP contribution < -0.4 is 0 Å². The van der Waals surface area contributed by atoms with Gasteiger partial charge in [-0.15, -0.1) is 0 Å². The highest BCUT2D eigenvalue weighted by Crippen LogP contribution is 2.20. The van der Waals surface area contributed by atoms with E-state index in [0.29, 0.717) is 11.1 Å². The van der Waals surface area contributed by atoms with Crippen LogP contribution in [0.2, 0.25) is 0 Å². The molecule has 98 valence electrons. The first-order valence-corrected chi connectivity index (χ1v) is 6.03. The highest BCUT2D eigenvalue weighted by molar-refractivity contribution is 5.89. The highest BCUT2D eigenvalue weighted by atomic mass is 16.6. The summed E-state index contributed by atoms with van der Waals surface area (Å²) in [6.07, 6.45) is 1.76. The van der Waals surface area contributed by atoms with Gasteiger partial charge < -0.3 is 0 Å². The summed E-state index contributed by atoms with van der Waals surface area (Å²) in [7, 11) is 0. The van der Waals surface area contributed by atoms with Crippen molar-refractivity contribution in [3.8, 4) is 6.07 Å². The molecule has 0 aliphatic rings. The lowest BCUT2D eigenvalue weighted by atomic mass is 10.0. The molecule has 0 aliphatic heterocycles. The molecule has 2 aromatic carbocycles. The molecular weight excluding hydrogens is 252 g/mol. The van der Waals surface area contributed by atoms with Gasteiger partial charge in [-0.3, -0.25) is 10.1 Å². The van der Waals surface area contributed by atoms with Gasteiger partial charge in [0.1, 0.15) is 0 Å². The maximum atomic E-state index is 10.6. The molecular formula is C16H12N2O2. The third kappa shape index (κ3) is 3.09. The Morgan fingerprint density at radius 1 is 1.15 bits per heavy atom. The minimum atomic E-state index is -0.459. The molecule has 0 radical (unpaired) electrons. The summed E-state index contributed by atoms with van der Waals surface area (Å²) in [5.74, 6) is 0. The van der Waals surface area contributed by atoms with Crippen molar-refractivity contribution in [2.24, 2.45) is 0 Å². The minimum Gasteiger partial charge on any atom is -0.258 e. The number of nitro benzene ring substituents is 1. The first-order chi connectivity index (χ1) is 9.60. The Hall–Kier alpha value is -2.93. The Kier molecular flexibility index (Phi) is 3.92. The zero-order chi connectivity index (χ0) is 14.5. The molecule has 0 heterocycles. The Morgan fingerprint density at radius 3 is 2.25 bits per heavy atom. The normalized spacial score (nSPS) is 10.9. The largest absolute Gasteiger partial charge is 0.269 e. The van der Waals surface area contributed by atoms with E-state index in [-0.39, 0.29) is 5.69 Å². The minimum absolute atomic E-state index is 0.0152. The van der Waals surface area contributed by atoms with Gasteiger partial charge in [0.05, 0.1) is 16.6 Å².